The van der Waals surface area contributed by atoms with Crippen LogP contribution in [-0.2, 0) is 0 Å². The smallest absolute Gasteiger partial charge is 0.125 e. The molecule has 3 rings (SSSR count). The number of nitrogens with one attached hydrogen (secondary N) is 1. The number of rotatable bonds is 3. The molecule has 0 aliphatic heterocycles. The molecule has 2 atom stereocenters. The van der Waals surface area contributed by atoms with E-state index in [1.54, 1.807) is 12.1 Å². The van der Waals surface area contributed by atoms with E-state index in [4.69, 9.17) is 0 Å². The van der Waals surface area contributed by atoms with Crippen molar-refractivity contribution in [2.75, 3.05) is 5.32 Å². The molecule has 22 heavy (non-hydrogen) atoms. The molecule has 0 amide bonds. The highest BCUT2D eigenvalue weighted by atomic mass is 19.1. The average molecular weight is 302 g/mol. The van der Waals surface area contributed by atoms with Crippen LogP contribution in [0.3, 0.4) is 0 Å². The van der Waals surface area contributed by atoms with Crippen molar-refractivity contribution < 1.29 is 4.39 Å². The maximum Gasteiger partial charge on any atom is 0.125 e. The SMILES string of the molecule is CC1(C)CCC[C](C2CCCC(Nc3cccc(F)c3)C2)C1. The molecular formula is C20H29FN. The van der Waals surface area contributed by atoms with Gasteiger partial charge >= 0.3 is 0 Å². The van der Waals surface area contributed by atoms with Gasteiger partial charge in [-0.2, -0.15) is 0 Å². The fraction of sp³-hybridized carbons (Fsp3) is 0.650. The minimum Gasteiger partial charge on any atom is -0.382 e. The van der Waals surface area contributed by atoms with Crippen molar-refractivity contribution in [3.05, 3.63) is 36.0 Å². The third-order valence-corrected chi connectivity index (χ3v) is 5.50. The first-order valence-corrected chi connectivity index (χ1v) is 8.88. The van der Waals surface area contributed by atoms with Gasteiger partial charge in [0.15, 0.2) is 0 Å². The van der Waals surface area contributed by atoms with Crippen molar-refractivity contribution in [1.82, 2.24) is 0 Å². The maximum absolute atomic E-state index is 13.3. The zero-order chi connectivity index (χ0) is 15.6. The van der Waals surface area contributed by atoms with Gasteiger partial charge in [-0.05, 0) is 74.0 Å². The quantitative estimate of drug-likeness (QED) is 0.725. The third-order valence-electron chi connectivity index (χ3n) is 5.50. The second-order valence-corrected chi connectivity index (χ2v) is 8.07. The predicted molar refractivity (Wildman–Crippen MR) is 91.3 cm³/mol. The Balaban J connectivity index is 1.59. The first-order valence-electron chi connectivity index (χ1n) is 8.88. The molecule has 1 aromatic carbocycles. The van der Waals surface area contributed by atoms with E-state index in [1.165, 1.54) is 57.4 Å². The van der Waals surface area contributed by atoms with Crippen LogP contribution in [0.5, 0.6) is 0 Å². The number of halogens is 1. The van der Waals surface area contributed by atoms with Gasteiger partial charge in [-0.15, -0.1) is 0 Å². The lowest BCUT2D eigenvalue weighted by molar-refractivity contribution is 0.212. The second kappa shape index (κ2) is 6.60. The summed E-state index contributed by atoms with van der Waals surface area (Å²) in [6.07, 6.45) is 10.5. The topological polar surface area (TPSA) is 12.0 Å². The standard InChI is InChI=1S/C20H29FN/c1-20(2)11-5-7-16(14-20)15-6-3-9-18(12-15)22-19-10-4-8-17(21)13-19/h4,8,10,13,15,18,22H,3,5-7,9,11-12,14H2,1-2H3. The molecular weight excluding hydrogens is 273 g/mol. The number of benzene rings is 1. The fourth-order valence-electron chi connectivity index (χ4n) is 4.44. The molecule has 1 N–H and O–H groups in total. The lowest BCUT2D eigenvalue weighted by Gasteiger charge is -2.42. The fourth-order valence-corrected chi connectivity index (χ4v) is 4.44. The van der Waals surface area contributed by atoms with Crippen LogP contribution in [0.25, 0.3) is 0 Å². The summed E-state index contributed by atoms with van der Waals surface area (Å²) in [5.41, 5.74) is 1.43. The largest absolute Gasteiger partial charge is 0.382 e. The van der Waals surface area contributed by atoms with E-state index in [1.807, 2.05) is 12.0 Å². The summed E-state index contributed by atoms with van der Waals surface area (Å²) in [6, 6.07) is 7.38. The van der Waals surface area contributed by atoms with E-state index < -0.39 is 0 Å². The Morgan fingerprint density at radius 2 is 2.05 bits per heavy atom. The molecule has 1 aromatic rings. The monoisotopic (exact) mass is 302 g/mol. The normalized spacial score (nSPS) is 29.2. The molecule has 0 aromatic heterocycles. The summed E-state index contributed by atoms with van der Waals surface area (Å²) < 4.78 is 13.3. The molecule has 2 heteroatoms. The summed E-state index contributed by atoms with van der Waals surface area (Å²) >= 11 is 0. The highest BCUT2D eigenvalue weighted by molar-refractivity contribution is 5.44. The van der Waals surface area contributed by atoms with Crippen LogP contribution in [0.4, 0.5) is 10.1 Å². The van der Waals surface area contributed by atoms with E-state index in [0.29, 0.717) is 11.5 Å². The molecule has 0 heterocycles. The molecule has 1 nitrogen and oxygen atoms in total. The molecule has 0 saturated heterocycles. The van der Waals surface area contributed by atoms with Crippen molar-refractivity contribution >= 4 is 5.69 Å². The molecule has 121 valence electrons. The highest BCUT2D eigenvalue weighted by Gasteiger charge is 2.35. The van der Waals surface area contributed by atoms with Crippen LogP contribution >= 0.6 is 0 Å². The minimum absolute atomic E-state index is 0.152. The first kappa shape index (κ1) is 15.8. The van der Waals surface area contributed by atoms with Crippen LogP contribution in [0.1, 0.15) is 65.2 Å². The minimum atomic E-state index is -0.152. The van der Waals surface area contributed by atoms with Crippen molar-refractivity contribution in [2.45, 2.75) is 71.3 Å². The Morgan fingerprint density at radius 1 is 1.18 bits per heavy atom. The zero-order valence-electron chi connectivity index (χ0n) is 14.0. The molecule has 0 bridgehead atoms. The molecule has 2 unspecified atom stereocenters. The van der Waals surface area contributed by atoms with Crippen LogP contribution in [-0.4, -0.2) is 6.04 Å². The van der Waals surface area contributed by atoms with Crippen molar-refractivity contribution in [3.8, 4) is 0 Å². The van der Waals surface area contributed by atoms with Crippen LogP contribution in [0.15, 0.2) is 24.3 Å². The summed E-state index contributed by atoms with van der Waals surface area (Å²) in [6.45, 7) is 4.83. The summed E-state index contributed by atoms with van der Waals surface area (Å²) in [4.78, 5) is 0. The lowest BCUT2D eigenvalue weighted by Crippen LogP contribution is -2.33. The van der Waals surface area contributed by atoms with Crippen LogP contribution in [0, 0.1) is 23.1 Å². The van der Waals surface area contributed by atoms with Gasteiger partial charge in [-0.1, -0.05) is 32.8 Å². The van der Waals surface area contributed by atoms with Gasteiger partial charge in [-0.3, -0.25) is 0 Å². The molecule has 0 spiro atoms. The summed E-state index contributed by atoms with van der Waals surface area (Å²) in [5, 5.41) is 3.56. The van der Waals surface area contributed by atoms with E-state index in [2.05, 4.69) is 19.2 Å². The average Bonchev–Trinajstić information content (AvgIpc) is 2.46. The summed E-state index contributed by atoms with van der Waals surface area (Å²) in [7, 11) is 0. The molecule has 2 aliphatic carbocycles. The van der Waals surface area contributed by atoms with E-state index in [0.717, 1.165) is 11.6 Å². The Kier molecular flexibility index (Phi) is 4.75. The number of hydrogen-bond acceptors (Lipinski definition) is 1. The van der Waals surface area contributed by atoms with Crippen molar-refractivity contribution in [1.29, 1.82) is 0 Å². The Labute approximate surface area is 134 Å². The third kappa shape index (κ3) is 4.02. The van der Waals surface area contributed by atoms with Gasteiger partial charge in [0, 0.05) is 11.7 Å². The Morgan fingerprint density at radius 3 is 2.82 bits per heavy atom. The predicted octanol–water partition coefficient (Wildman–Crippen LogP) is 5.97. The van der Waals surface area contributed by atoms with Crippen LogP contribution in [0.2, 0.25) is 0 Å². The van der Waals surface area contributed by atoms with Gasteiger partial charge in [0.2, 0.25) is 0 Å². The Hall–Kier alpha value is -1.05. The Bertz CT molecular complexity index is 496. The van der Waals surface area contributed by atoms with Crippen molar-refractivity contribution in [3.63, 3.8) is 0 Å². The summed E-state index contributed by atoms with van der Waals surface area (Å²) in [5.74, 6) is 2.43. The molecule has 2 saturated carbocycles. The number of anilines is 1. The highest BCUT2D eigenvalue weighted by Crippen LogP contribution is 2.46. The van der Waals surface area contributed by atoms with Gasteiger partial charge in [0.05, 0.1) is 0 Å². The lowest BCUT2D eigenvalue weighted by atomic mass is 9.65. The molecule has 1 radical (unpaired) electrons. The molecule has 2 aliphatic rings. The van der Waals surface area contributed by atoms with E-state index >= 15 is 0 Å². The number of hydrogen-bond donors (Lipinski definition) is 1. The van der Waals surface area contributed by atoms with Crippen molar-refractivity contribution in [2.24, 2.45) is 11.3 Å². The van der Waals surface area contributed by atoms with Gasteiger partial charge in [0.25, 0.3) is 0 Å². The van der Waals surface area contributed by atoms with Crippen LogP contribution < -0.4 is 5.32 Å². The van der Waals surface area contributed by atoms with E-state index in [9.17, 15) is 4.39 Å². The second-order valence-electron chi connectivity index (χ2n) is 8.07. The zero-order valence-corrected chi connectivity index (χ0v) is 14.0. The van der Waals surface area contributed by atoms with Gasteiger partial charge in [-0.25, -0.2) is 4.39 Å². The maximum atomic E-state index is 13.3. The molecule has 2 fully saturated rings. The van der Waals surface area contributed by atoms with Gasteiger partial charge < -0.3 is 5.32 Å². The van der Waals surface area contributed by atoms with E-state index in [-0.39, 0.29) is 5.82 Å². The first-order chi connectivity index (χ1) is 10.5. The van der Waals surface area contributed by atoms with Gasteiger partial charge in [0.1, 0.15) is 5.82 Å².